The van der Waals surface area contributed by atoms with E-state index in [1.54, 1.807) is 18.2 Å². The molecule has 32 heavy (non-hydrogen) atoms. The minimum atomic E-state index is -0.184. The molecule has 0 bridgehead atoms. The van der Waals surface area contributed by atoms with Gasteiger partial charge in [0.1, 0.15) is 5.75 Å². The number of benzene rings is 3. The van der Waals surface area contributed by atoms with Gasteiger partial charge in [0.05, 0.1) is 35.1 Å². The molecule has 0 fully saturated rings. The van der Waals surface area contributed by atoms with Gasteiger partial charge in [0.15, 0.2) is 5.13 Å². The van der Waals surface area contributed by atoms with Crippen molar-refractivity contribution in [2.24, 2.45) is 0 Å². The summed E-state index contributed by atoms with van der Waals surface area (Å²) < 4.78 is 7.57. The van der Waals surface area contributed by atoms with Crippen LogP contribution in [0.25, 0.3) is 21.0 Å². The topological polar surface area (TPSA) is 55.3 Å². The van der Waals surface area contributed by atoms with E-state index in [9.17, 15) is 4.79 Å². The van der Waals surface area contributed by atoms with Crippen molar-refractivity contribution in [3.8, 4) is 5.75 Å². The van der Waals surface area contributed by atoms with Crippen molar-refractivity contribution in [3.05, 3.63) is 94.7 Å². The van der Waals surface area contributed by atoms with E-state index in [-0.39, 0.29) is 5.91 Å². The molecule has 0 saturated carbocycles. The molecule has 5 nitrogen and oxygen atoms in total. The highest BCUT2D eigenvalue weighted by molar-refractivity contribution is 9.10. The Bertz CT molecular complexity index is 1440. The molecular weight excluding hydrogens is 486 g/mol. The maximum absolute atomic E-state index is 13.9. The summed E-state index contributed by atoms with van der Waals surface area (Å²) in [6.07, 6.45) is 1.73. The number of ether oxygens (including phenoxy) is 1. The van der Waals surface area contributed by atoms with Crippen LogP contribution < -0.4 is 9.64 Å². The molecule has 5 aromatic rings. The largest absolute Gasteiger partial charge is 0.496 e. The van der Waals surface area contributed by atoms with E-state index in [0.29, 0.717) is 23.0 Å². The van der Waals surface area contributed by atoms with Gasteiger partial charge in [-0.2, -0.15) is 0 Å². The third-order valence-electron chi connectivity index (χ3n) is 5.16. The zero-order chi connectivity index (χ0) is 22.1. The van der Waals surface area contributed by atoms with Crippen molar-refractivity contribution < 1.29 is 9.53 Å². The fourth-order valence-electron chi connectivity index (χ4n) is 3.58. The number of methoxy groups -OCH3 is 1. The summed E-state index contributed by atoms with van der Waals surface area (Å²) in [5, 5.41) is 2.61. The predicted molar refractivity (Wildman–Crippen MR) is 133 cm³/mol. The van der Waals surface area contributed by atoms with Crippen LogP contribution in [0.4, 0.5) is 5.13 Å². The first kappa shape index (κ1) is 20.6. The van der Waals surface area contributed by atoms with E-state index >= 15 is 0 Å². The highest BCUT2D eigenvalue weighted by atomic mass is 79.9. The summed E-state index contributed by atoms with van der Waals surface area (Å²) in [6.45, 7) is 0.302. The minimum absolute atomic E-state index is 0.184. The zero-order valence-corrected chi connectivity index (χ0v) is 19.6. The quantitative estimate of drug-likeness (QED) is 0.276. The van der Waals surface area contributed by atoms with Gasteiger partial charge >= 0.3 is 0 Å². The number of carbonyl (C=O) groups is 1. The van der Waals surface area contributed by atoms with Crippen LogP contribution in [-0.4, -0.2) is 23.0 Å². The summed E-state index contributed by atoms with van der Waals surface area (Å²) in [5.41, 5.74) is 2.11. The molecule has 0 aliphatic heterocycles. The van der Waals surface area contributed by atoms with E-state index in [0.717, 1.165) is 31.2 Å². The Morgan fingerprint density at radius 1 is 1.03 bits per heavy atom. The van der Waals surface area contributed by atoms with Gasteiger partial charge in [-0.3, -0.25) is 14.7 Å². The number of nitrogens with zero attached hydrogens (tertiary/aromatic N) is 3. The van der Waals surface area contributed by atoms with Crippen LogP contribution in [0.15, 0.2) is 83.5 Å². The molecule has 0 atom stereocenters. The summed E-state index contributed by atoms with van der Waals surface area (Å²) >= 11 is 4.99. The SMILES string of the molecule is COc1cc2ccccc2cc1C(=O)N(Cc1ccccn1)c1nc2ccc(Br)cc2s1. The second-order valence-electron chi connectivity index (χ2n) is 7.22. The number of halogens is 1. The van der Waals surface area contributed by atoms with Crippen LogP contribution in [0.3, 0.4) is 0 Å². The van der Waals surface area contributed by atoms with Crippen LogP contribution in [0.5, 0.6) is 5.75 Å². The lowest BCUT2D eigenvalue weighted by Gasteiger charge is -2.21. The monoisotopic (exact) mass is 503 g/mol. The first-order valence-electron chi connectivity index (χ1n) is 9.97. The van der Waals surface area contributed by atoms with Crippen LogP contribution in [-0.2, 0) is 6.54 Å². The predicted octanol–water partition coefficient (Wildman–Crippen LogP) is 6.46. The Hall–Kier alpha value is -3.29. The second kappa shape index (κ2) is 8.68. The normalized spacial score (nSPS) is 11.1. The molecule has 5 rings (SSSR count). The first-order chi connectivity index (χ1) is 15.6. The molecule has 1 amide bonds. The second-order valence-corrected chi connectivity index (χ2v) is 9.15. The molecule has 0 aliphatic carbocycles. The van der Waals surface area contributed by atoms with Crippen molar-refractivity contribution in [1.82, 2.24) is 9.97 Å². The Morgan fingerprint density at radius 3 is 2.56 bits per heavy atom. The molecule has 3 aromatic carbocycles. The van der Waals surface area contributed by atoms with Crippen molar-refractivity contribution in [2.45, 2.75) is 6.54 Å². The number of rotatable bonds is 5. The molecule has 2 aromatic heterocycles. The van der Waals surface area contributed by atoms with E-state index in [1.165, 1.54) is 11.3 Å². The van der Waals surface area contributed by atoms with E-state index in [4.69, 9.17) is 9.72 Å². The standard InChI is InChI=1S/C25H18BrN3O2S/c1-31-22-13-17-7-3-2-6-16(17)12-20(22)24(30)29(15-19-8-4-5-11-27-19)25-28-21-10-9-18(26)14-23(21)32-25/h2-14H,15H2,1H3. The molecule has 7 heteroatoms. The smallest absolute Gasteiger partial charge is 0.264 e. The number of thiazole rings is 1. The number of pyridine rings is 1. The fourth-order valence-corrected chi connectivity index (χ4v) is 5.10. The molecule has 0 aliphatic rings. The number of amides is 1. The lowest BCUT2D eigenvalue weighted by Crippen LogP contribution is -2.31. The van der Waals surface area contributed by atoms with Gasteiger partial charge in [-0.25, -0.2) is 4.98 Å². The number of fused-ring (bicyclic) bond motifs is 2. The number of hydrogen-bond donors (Lipinski definition) is 0. The van der Waals surface area contributed by atoms with Gasteiger partial charge in [0.2, 0.25) is 0 Å². The van der Waals surface area contributed by atoms with Gasteiger partial charge in [-0.15, -0.1) is 0 Å². The molecule has 0 spiro atoms. The van der Waals surface area contributed by atoms with E-state index < -0.39 is 0 Å². The highest BCUT2D eigenvalue weighted by Gasteiger charge is 2.25. The third kappa shape index (κ3) is 3.97. The maximum atomic E-state index is 13.9. The third-order valence-corrected chi connectivity index (χ3v) is 6.69. The van der Waals surface area contributed by atoms with Gasteiger partial charge in [0, 0.05) is 10.7 Å². The van der Waals surface area contributed by atoms with Crippen molar-refractivity contribution in [2.75, 3.05) is 12.0 Å². The molecule has 2 heterocycles. The average molecular weight is 504 g/mol. The summed E-state index contributed by atoms with van der Waals surface area (Å²) in [5.74, 6) is 0.347. The minimum Gasteiger partial charge on any atom is -0.496 e. The Labute approximate surface area is 197 Å². The summed E-state index contributed by atoms with van der Waals surface area (Å²) in [7, 11) is 1.58. The van der Waals surface area contributed by atoms with Gasteiger partial charge < -0.3 is 4.74 Å². The fraction of sp³-hybridized carbons (Fsp3) is 0.0800. The van der Waals surface area contributed by atoms with Crippen molar-refractivity contribution in [1.29, 1.82) is 0 Å². The molecule has 158 valence electrons. The Kier molecular flexibility index (Phi) is 5.59. The summed E-state index contributed by atoms with van der Waals surface area (Å²) in [4.78, 5) is 24.7. The van der Waals surface area contributed by atoms with Gasteiger partial charge in [0.25, 0.3) is 5.91 Å². The first-order valence-corrected chi connectivity index (χ1v) is 11.6. The van der Waals surface area contributed by atoms with E-state index in [2.05, 4.69) is 20.9 Å². The van der Waals surface area contributed by atoms with E-state index in [1.807, 2.05) is 72.8 Å². The van der Waals surface area contributed by atoms with Crippen LogP contribution >= 0.6 is 27.3 Å². The molecule has 0 radical (unpaired) electrons. The number of carbonyl (C=O) groups excluding carboxylic acids is 1. The van der Waals surface area contributed by atoms with Gasteiger partial charge in [-0.05, 0) is 53.2 Å². The number of anilines is 1. The lowest BCUT2D eigenvalue weighted by atomic mass is 10.0. The molecule has 0 saturated heterocycles. The summed E-state index contributed by atoms with van der Waals surface area (Å²) in [6, 6.07) is 23.3. The van der Waals surface area contributed by atoms with Crippen LogP contribution in [0, 0.1) is 0 Å². The number of aromatic nitrogens is 2. The maximum Gasteiger partial charge on any atom is 0.264 e. The highest BCUT2D eigenvalue weighted by Crippen LogP contribution is 2.34. The average Bonchev–Trinajstić information content (AvgIpc) is 3.24. The number of hydrogen-bond acceptors (Lipinski definition) is 5. The lowest BCUT2D eigenvalue weighted by molar-refractivity contribution is 0.0982. The molecule has 0 unspecified atom stereocenters. The van der Waals surface area contributed by atoms with Crippen molar-refractivity contribution >= 4 is 59.3 Å². The zero-order valence-electron chi connectivity index (χ0n) is 17.2. The van der Waals surface area contributed by atoms with Crippen molar-refractivity contribution in [3.63, 3.8) is 0 Å². The van der Waals surface area contributed by atoms with Crippen LogP contribution in [0.1, 0.15) is 16.1 Å². The molecule has 0 N–H and O–H groups in total. The van der Waals surface area contributed by atoms with Gasteiger partial charge in [-0.1, -0.05) is 57.6 Å². The Balaban J connectivity index is 1.64. The van der Waals surface area contributed by atoms with Crippen LogP contribution in [0.2, 0.25) is 0 Å². The molecular formula is C25H18BrN3O2S. The Morgan fingerprint density at radius 2 is 1.81 bits per heavy atom.